The molecule has 3 atom stereocenters. The maximum absolute atomic E-state index is 11.6. The molecule has 2 aliphatic heterocycles. The lowest BCUT2D eigenvalue weighted by Gasteiger charge is -2.36. The van der Waals surface area contributed by atoms with Crippen LogP contribution in [-0.4, -0.2) is 45.0 Å². The summed E-state index contributed by atoms with van der Waals surface area (Å²) in [5.74, 6) is 0.994. The van der Waals surface area contributed by atoms with Crippen molar-refractivity contribution in [2.24, 2.45) is 7.05 Å². The molecule has 2 N–H and O–H groups in total. The number of nitrogens with zero attached hydrogens (tertiary/aromatic N) is 4. The van der Waals surface area contributed by atoms with Crippen molar-refractivity contribution >= 4 is 5.82 Å². The molecule has 160 valence electrons. The number of aryl methyl sites for hydroxylation is 1. The maximum Gasteiger partial charge on any atom is 0.250 e. The van der Waals surface area contributed by atoms with Gasteiger partial charge in [0.1, 0.15) is 5.75 Å². The molecule has 7 nitrogen and oxygen atoms in total. The third-order valence-corrected chi connectivity index (χ3v) is 6.70. The van der Waals surface area contributed by atoms with Crippen LogP contribution >= 0.6 is 0 Å². The summed E-state index contributed by atoms with van der Waals surface area (Å²) in [7, 11) is 3.81. The first-order valence-corrected chi connectivity index (χ1v) is 10.8. The van der Waals surface area contributed by atoms with Crippen molar-refractivity contribution < 1.29 is 5.11 Å². The van der Waals surface area contributed by atoms with E-state index >= 15 is 0 Å². The molecule has 2 bridgehead atoms. The van der Waals surface area contributed by atoms with Gasteiger partial charge in [0.2, 0.25) is 5.56 Å². The monoisotopic (exact) mass is 417 g/mol. The number of pyridine rings is 1. The van der Waals surface area contributed by atoms with Gasteiger partial charge in [-0.2, -0.15) is 0 Å². The van der Waals surface area contributed by atoms with Crippen LogP contribution in [0.25, 0.3) is 22.4 Å². The molecule has 2 saturated heterocycles. The van der Waals surface area contributed by atoms with Gasteiger partial charge in [-0.25, -0.2) is 0 Å². The molecule has 1 unspecified atom stereocenters. The highest BCUT2D eigenvalue weighted by molar-refractivity contribution is 5.74. The number of phenolic OH excluding ortho intramolecular Hbond substituents is 1. The highest BCUT2D eigenvalue weighted by Gasteiger charge is 2.35. The summed E-state index contributed by atoms with van der Waals surface area (Å²) in [4.78, 5) is 13.9. The summed E-state index contributed by atoms with van der Waals surface area (Å²) < 4.78 is 1.52. The van der Waals surface area contributed by atoms with Crippen molar-refractivity contribution in [1.29, 1.82) is 0 Å². The Labute approximate surface area is 181 Å². The summed E-state index contributed by atoms with van der Waals surface area (Å²) in [6, 6.07) is 14.4. The molecule has 0 radical (unpaired) electrons. The number of rotatable bonds is 4. The zero-order valence-corrected chi connectivity index (χ0v) is 17.8. The van der Waals surface area contributed by atoms with Gasteiger partial charge in [-0.3, -0.25) is 4.79 Å². The van der Waals surface area contributed by atoms with Crippen LogP contribution in [0.15, 0.2) is 53.5 Å². The average Bonchev–Trinajstić information content (AvgIpc) is 3.12. The number of nitrogens with one attached hydrogen (secondary N) is 1. The highest BCUT2D eigenvalue weighted by Crippen LogP contribution is 2.34. The third kappa shape index (κ3) is 3.81. The van der Waals surface area contributed by atoms with Crippen LogP contribution < -0.4 is 15.8 Å². The van der Waals surface area contributed by atoms with Gasteiger partial charge < -0.3 is 19.9 Å². The molecule has 31 heavy (non-hydrogen) atoms. The minimum absolute atomic E-state index is 0.0675. The summed E-state index contributed by atoms with van der Waals surface area (Å²) in [5.41, 5.74) is 2.90. The van der Waals surface area contributed by atoms with Gasteiger partial charge in [0.15, 0.2) is 5.82 Å². The van der Waals surface area contributed by atoms with E-state index in [0.29, 0.717) is 29.4 Å². The van der Waals surface area contributed by atoms with Crippen molar-refractivity contribution in [2.75, 3.05) is 11.9 Å². The molecule has 7 heteroatoms. The quantitative estimate of drug-likeness (QED) is 0.679. The topological polar surface area (TPSA) is 83.3 Å². The number of hydrogen-bond acceptors (Lipinski definition) is 6. The lowest BCUT2D eigenvalue weighted by Crippen LogP contribution is -2.47. The molecule has 0 amide bonds. The predicted octanol–water partition coefficient (Wildman–Crippen LogP) is 2.93. The molecule has 2 aromatic heterocycles. The number of anilines is 1. The minimum atomic E-state index is -0.0675. The predicted molar refractivity (Wildman–Crippen MR) is 121 cm³/mol. The number of aromatic hydroxyl groups is 1. The number of benzene rings is 1. The maximum atomic E-state index is 11.6. The molecule has 2 fully saturated rings. The number of fused-ring (bicyclic) bond motifs is 2. The Balaban J connectivity index is 1.35. The molecule has 4 heterocycles. The van der Waals surface area contributed by atoms with E-state index in [1.54, 1.807) is 25.4 Å². The summed E-state index contributed by atoms with van der Waals surface area (Å²) in [5, 5.41) is 23.1. The molecule has 0 saturated carbocycles. The lowest BCUT2D eigenvalue weighted by atomic mass is 9.98. The molecule has 2 aliphatic rings. The van der Waals surface area contributed by atoms with E-state index in [2.05, 4.69) is 27.5 Å². The van der Waals surface area contributed by atoms with E-state index in [9.17, 15) is 9.90 Å². The van der Waals surface area contributed by atoms with E-state index in [-0.39, 0.29) is 11.3 Å². The largest absolute Gasteiger partial charge is 0.507 e. The van der Waals surface area contributed by atoms with Gasteiger partial charge >= 0.3 is 0 Å². The Morgan fingerprint density at radius 3 is 2.42 bits per heavy atom. The third-order valence-electron chi connectivity index (χ3n) is 6.70. The highest BCUT2D eigenvalue weighted by atomic mass is 16.3. The first kappa shape index (κ1) is 19.8. The van der Waals surface area contributed by atoms with Gasteiger partial charge in [0.25, 0.3) is 0 Å². The average molecular weight is 418 g/mol. The van der Waals surface area contributed by atoms with Gasteiger partial charge in [-0.15, -0.1) is 10.2 Å². The Morgan fingerprint density at radius 2 is 1.77 bits per heavy atom. The Morgan fingerprint density at radius 1 is 1.03 bits per heavy atom. The second kappa shape index (κ2) is 7.81. The number of phenols is 1. The van der Waals surface area contributed by atoms with Crippen molar-refractivity contribution in [2.45, 2.75) is 43.8 Å². The lowest BCUT2D eigenvalue weighted by molar-refractivity contribution is 0.353. The fraction of sp³-hybridized carbons (Fsp3) is 0.375. The Bertz CT molecular complexity index is 1150. The van der Waals surface area contributed by atoms with E-state index in [4.69, 9.17) is 0 Å². The molecule has 0 spiro atoms. The first-order valence-electron chi connectivity index (χ1n) is 10.8. The van der Waals surface area contributed by atoms with Crippen molar-refractivity contribution in [3.8, 4) is 28.1 Å². The van der Waals surface area contributed by atoms with E-state index in [1.807, 2.05) is 24.3 Å². The molecule has 5 rings (SSSR count). The van der Waals surface area contributed by atoms with Crippen LogP contribution in [0.4, 0.5) is 5.82 Å². The van der Waals surface area contributed by atoms with Crippen LogP contribution in [-0.2, 0) is 7.05 Å². The number of aromatic nitrogens is 3. The summed E-state index contributed by atoms with van der Waals surface area (Å²) in [6.07, 6.45) is 6.59. The zero-order chi connectivity index (χ0) is 21.5. The SMILES string of the molecule is CN(c1ccc(-c2ccc(-c3ccc(=O)n(C)c3)cc2O)nn1)[C@H]1CC2CC[C@H](C1)N2. The Kier molecular flexibility index (Phi) is 4.98. The second-order valence-corrected chi connectivity index (χ2v) is 8.75. The zero-order valence-electron chi connectivity index (χ0n) is 17.8. The normalized spacial score (nSPS) is 22.5. The second-order valence-electron chi connectivity index (χ2n) is 8.75. The van der Waals surface area contributed by atoms with E-state index in [1.165, 1.54) is 23.5 Å². The first-order chi connectivity index (χ1) is 15.0. The fourth-order valence-corrected chi connectivity index (χ4v) is 4.88. The molecular weight excluding hydrogens is 390 g/mol. The van der Waals surface area contributed by atoms with E-state index in [0.717, 1.165) is 29.8 Å². The Hall–Kier alpha value is -3.19. The van der Waals surface area contributed by atoms with Crippen LogP contribution in [0.5, 0.6) is 5.75 Å². The van der Waals surface area contributed by atoms with Crippen LogP contribution in [0.3, 0.4) is 0 Å². The minimum Gasteiger partial charge on any atom is -0.507 e. The van der Waals surface area contributed by atoms with Gasteiger partial charge in [0.05, 0.1) is 5.69 Å². The van der Waals surface area contributed by atoms with Gasteiger partial charge in [-0.1, -0.05) is 6.07 Å². The van der Waals surface area contributed by atoms with Crippen LogP contribution in [0.1, 0.15) is 25.7 Å². The van der Waals surface area contributed by atoms with Crippen LogP contribution in [0.2, 0.25) is 0 Å². The molecule has 0 aliphatic carbocycles. The van der Waals surface area contributed by atoms with Crippen molar-refractivity contribution in [3.05, 3.63) is 59.0 Å². The number of piperidine rings is 1. The van der Waals surface area contributed by atoms with E-state index < -0.39 is 0 Å². The van der Waals surface area contributed by atoms with Crippen molar-refractivity contribution in [1.82, 2.24) is 20.1 Å². The molecule has 1 aromatic carbocycles. The molecule has 3 aromatic rings. The molecular formula is C24H27N5O2. The number of hydrogen-bond donors (Lipinski definition) is 2. The summed E-state index contributed by atoms with van der Waals surface area (Å²) in [6.45, 7) is 0. The smallest absolute Gasteiger partial charge is 0.250 e. The van der Waals surface area contributed by atoms with Gasteiger partial charge in [0, 0.05) is 50.0 Å². The standard InChI is InChI=1S/C24H27N5O2/c1-28-14-16(4-10-24(28)31)15-3-7-20(22(30)11-15)21-8-9-23(27-26-21)29(2)19-12-17-5-6-18(13-19)25-17/h3-4,7-11,14,17-19,25,30H,5-6,12-13H2,1-2H3/t17-,18?,19-/m1/s1. The van der Waals surface area contributed by atoms with Crippen molar-refractivity contribution in [3.63, 3.8) is 0 Å². The summed E-state index contributed by atoms with van der Waals surface area (Å²) >= 11 is 0. The van der Waals surface area contributed by atoms with Gasteiger partial charge in [-0.05, 0) is 67.1 Å². The van der Waals surface area contributed by atoms with Crippen LogP contribution in [0, 0.1) is 0 Å². The fourth-order valence-electron chi connectivity index (χ4n) is 4.88.